The first-order chi connectivity index (χ1) is 31.3. The summed E-state index contributed by atoms with van der Waals surface area (Å²) in [6.45, 7) is 0. The molecular formula is C61H37NO. The molecule has 1 spiro atoms. The van der Waals surface area contributed by atoms with Crippen LogP contribution in [0, 0.1) is 0 Å². The summed E-state index contributed by atoms with van der Waals surface area (Å²) in [5.41, 5.74) is 17.2. The standard InChI is InChI=1S/C61H37NO/c1-2-17-38(18-3-1)62(39-33-34-44-42-21-5-4-19-40(42)41-20-6-7-22-43(41)50(44)35-39)57-37-56-51(36-52(57)48-27-16-32-59-60(48)49-26-11-15-31-58(49)63-59)47-25-10-14-30-55(47)61(56)53-28-12-8-23-45(53)46-24-9-13-29-54(46)61/h1-37H. The molecule has 292 valence electrons. The summed E-state index contributed by atoms with van der Waals surface area (Å²) in [5.74, 6) is 0. The molecule has 14 rings (SSSR count). The molecule has 0 N–H and O–H groups in total. The maximum absolute atomic E-state index is 6.60. The Balaban J connectivity index is 1.15. The molecule has 2 aliphatic rings. The van der Waals surface area contributed by atoms with Crippen LogP contribution in [0.4, 0.5) is 17.1 Å². The third-order valence-corrected chi connectivity index (χ3v) is 14.0. The molecule has 63 heavy (non-hydrogen) atoms. The van der Waals surface area contributed by atoms with E-state index in [-0.39, 0.29) is 0 Å². The van der Waals surface area contributed by atoms with Crippen molar-refractivity contribution in [2.75, 3.05) is 4.90 Å². The number of anilines is 3. The van der Waals surface area contributed by atoms with E-state index >= 15 is 0 Å². The predicted octanol–water partition coefficient (Wildman–Crippen LogP) is 16.5. The molecule has 2 heteroatoms. The molecule has 0 radical (unpaired) electrons. The number of hydrogen-bond donors (Lipinski definition) is 0. The van der Waals surface area contributed by atoms with Gasteiger partial charge in [-0.25, -0.2) is 0 Å². The van der Waals surface area contributed by atoms with Gasteiger partial charge in [-0.05, 0) is 131 Å². The van der Waals surface area contributed by atoms with Gasteiger partial charge in [0.1, 0.15) is 11.2 Å². The van der Waals surface area contributed by atoms with Crippen molar-refractivity contribution in [1.29, 1.82) is 0 Å². The fraction of sp³-hybridized carbons (Fsp3) is 0.0164. The molecule has 0 unspecified atom stereocenters. The van der Waals surface area contributed by atoms with Gasteiger partial charge in [0, 0.05) is 27.7 Å². The summed E-state index contributed by atoms with van der Waals surface area (Å²) < 4.78 is 6.60. The summed E-state index contributed by atoms with van der Waals surface area (Å²) in [7, 11) is 0. The van der Waals surface area contributed by atoms with Gasteiger partial charge in [0.2, 0.25) is 0 Å². The highest BCUT2D eigenvalue weighted by Gasteiger charge is 2.52. The fourth-order valence-electron chi connectivity index (χ4n) is 11.6. The Morgan fingerprint density at radius 1 is 0.286 bits per heavy atom. The van der Waals surface area contributed by atoms with Crippen molar-refractivity contribution in [3.05, 3.63) is 247 Å². The van der Waals surface area contributed by atoms with Crippen LogP contribution in [0.2, 0.25) is 0 Å². The highest BCUT2D eigenvalue weighted by atomic mass is 16.3. The Morgan fingerprint density at radius 2 is 0.778 bits per heavy atom. The molecule has 12 aromatic rings. The van der Waals surface area contributed by atoms with Crippen molar-refractivity contribution < 1.29 is 4.42 Å². The summed E-state index contributed by atoms with van der Waals surface area (Å²) in [6, 6.07) is 83.0. The van der Waals surface area contributed by atoms with E-state index in [1.54, 1.807) is 0 Å². The summed E-state index contributed by atoms with van der Waals surface area (Å²) in [6.07, 6.45) is 0. The van der Waals surface area contributed by atoms with Crippen LogP contribution < -0.4 is 4.90 Å². The van der Waals surface area contributed by atoms with E-state index in [2.05, 4.69) is 229 Å². The van der Waals surface area contributed by atoms with Gasteiger partial charge in [-0.1, -0.05) is 176 Å². The zero-order valence-corrected chi connectivity index (χ0v) is 34.2. The third-order valence-electron chi connectivity index (χ3n) is 14.0. The van der Waals surface area contributed by atoms with Crippen LogP contribution in [0.3, 0.4) is 0 Å². The van der Waals surface area contributed by atoms with Crippen molar-refractivity contribution in [2.24, 2.45) is 0 Å². The van der Waals surface area contributed by atoms with Crippen molar-refractivity contribution in [3.8, 4) is 33.4 Å². The molecule has 0 fully saturated rings. The van der Waals surface area contributed by atoms with E-state index in [0.717, 1.165) is 50.1 Å². The average molecular weight is 800 g/mol. The molecule has 0 saturated carbocycles. The molecule has 2 aliphatic carbocycles. The van der Waals surface area contributed by atoms with Crippen LogP contribution in [-0.4, -0.2) is 0 Å². The Kier molecular flexibility index (Phi) is 7.07. The van der Waals surface area contributed by atoms with E-state index in [9.17, 15) is 0 Å². The monoisotopic (exact) mass is 799 g/mol. The van der Waals surface area contributed by atoms with Crippen LogP contribution in [0.1, 0.15) is 22.3 Å². The fourth-order valence-corrected chi connectivity index (χ4v) is 11.6. The lowest BCUT2D eigenvalue weighted by molar-refractivity contribution is 0.669. The topological polar surface area (TPSA) is 16.4 Å². The van der Waals surface area contributed by atoms with Gasteiger partial charge in [0.05, 0.1) is 11.1 Å². The van der Waals surface area contributed by atoms with Crippen molar-refractivity contribution in [1.82, 2.24) is 0 Å². The highest BCUT2D eigenvalue weighted by Crippen LogP contribution is 2.64. The smallest absolute Gasteiger partial charge is 0.136 e. The Morgan fingerprint density at radius 3 is 1.43 bits per heavy atom. The average Bonchev–Trinajstić information content (AvgIpc) is 3.98. The molecule has 0 atom stereocenters. The first kappa shape index (κ1) is 34.5. The van der Waals surface area contributed by atoms with Gasteiger partial charge < -0.3 is 9.32 Å². The van der Waals surface area contributed by atoms with E-state index in [1.165, 1.54) is 76.8 Å². The van der Waals surface area contributed by atoms with Gasteiger partial charge in [-0.15, -0.1) is 0 Å². The minimum atomic E-state index is -0.512. The summed E-state index contributed by atoms with van der Waals surface area (Å²) >= 11 is 0. The Hall–Kier alpha value is -8.20. The van der Waals surface area contributed by atoms with E-state index < -0.39 is 5.41 Å². The lowest BCUT2D eigenvalue weighted by Crippen LogP contribution is -2.26. The van der Waals surface area contributed by atoms with Gasteiger partial charge in [0.25, 0.3) is 0 Å². The number of nitrogens with zero attached hydrogens (tertiary/aromatic N) is 1. The van der Waals surface area contributed by atoms with Crippen LogP contribution in [0.25, 0.3) is 87.6 Å². The number of para-hydroxylation sites is 2. The van der Waals surface area contributed by atoms with Crippen LogP contribution in [-0.2, 0) is 5.41 Å². The first-order valence-corrected chi connectivity index (χ1v) is 21.8. The molecule has 0 bridgehead atoms. The highest BCUT2D eigenvalue weighted by molar-refractivity contribution is 6.26. The maximum Gasteiger partial charge on any atom is 0.136 e. The molecule has 0 saturated heterocycles. The number of benzene rings is 11. The van der Waals surface area contributed by atoms with Gasteiger partial charge in [0.15, 0.2) is 0 Å². The number of rotatable bonds is 4. The van der Waals surface area contributed by atoms with E-state index in [1.807, 2.05) is 0 Å². The van der Waals surface area contributed by atoms with Crippen LogP contribution in [0.5, 0.6) is 0 Å². The Labute approximate surface area is 364 Å². The van der Waals surface area contributed by atoms with Crippen LogP contribution >= 0.6 is 0 Å². The maximum atomic E-state index is 6.60. The number of fused-ring (bicyclic) bond motifs is 19. The van der Waals surface area contributed by atoms with E-state index in [4.69, 9.17) is 4.42 Å². The third kappa shape index (κ3) is 4.62. The van der Waals surface area contributed by atoms with Gasteiger partial charge >= 0.3 is 0 Å². The lowest BCUT2D eigenvalue weighted by atomic mass is 9.70. The molecule has 0 aliphatic heterocycles. The molecule has 1 heterocycles. The SMILES string of the molecule is c1ccc(N(c2ccc3c4ccccc4c4ccccc4c3c2)c2cc3c(cc2-c2cccc4oc5ccccc5c24)-c2ccccc2C32c3ccccc3-c3ccccc32)cc1. The Bertz CT molecular complexity index is 3790. The lowest BCUT2D eigenvalue weighted by Gasteiger charge is -2.33. The molecule has 2 nitrogen and oxygen atoms in total. The van der Waals surface area contributed by atoms with Crippen molar-refractivity contribution in [3.63, 3.8) is 0 Å². The second-order valence-electron chi connectivity index (χ2n) is 17.1. The molecule has 0 amide bonds. The van der Waals surface area contributed by atoms with Gasteiger partial charge in [-0.2, -0.15) is 0 Å². The quantitative estimate of drug-likeness (QED) is 0.165. The first-order valence-electron chi connectivity index (χ1n) is 21.8. The normalized spacial score (nSPS) is 13.2. The minimum absolute atomic E-state index is 0.512. The zero-order valence-electron chi connectivity index (χ0n) is 34.2. The number of hydrogen-bond acceptors (Lipinski definition) is 2. The van der Waals surface area contributed by atoms with Crippen molar-refractivity contribution in [2.45, 2.75) is 5.41 Å². The molecule has 11 aromatic carbocycles. The zero-order chi connectivity index (χ0) is 41.2. The van der Waals surface area contributed by atoms with Crippen LogP contribution in [0.15, 0.2) is 229 Å². The summed E-state index contributed by atoms with van der Waals surface area (Å²) in [4.78, 5) is 2.50. The second kappa shape index (κ2) is 12.9. The van der Waals surface area contributed by atoms with Crippen molar-refractivity contribution >= 4 is 71.3 Å². The van der Waals surface area contributed by atoms with Gasteiger partial charge in [-0.3, -0.25) is 0 Å². The molecule has 1 aromatic heterocycles. The largest absolute Gasteiger partial charge is 0.456 e. The predicted molar refractivity (Wildman–Crippen MR) is 263 cm³/mol. The number of furan rings is 1. The summed E-state index contributed by atoms with van der Waals surface area (Å²) in [5, 5.41) is 9.76. The minimum Gasteiger partial charge on any atom is -0.456 e. The second-order valence-corrected chi connectivity index (χ2v) is 17.1. The van der Waals surface area contributed by atoms with E-state index in [0.29, 0.717) is 0 Å². The molecular weight excluding hydrogens is 763 g/mol.